The first kappa shape index (κ1) is 20.7. The van der Waals surface area contributed by atoms with Crippen molar-refractivity contribution in [2.45, 2.75) is 19.1 Å². The molecule has 0 N–H and O–H groups in total. The monoisotopic (exact) mass is 452 g/mol. The van der Waals surface area contributed by atoms with Gasteiger partial charge in [-0.15, -0.1) is 0 Å². The van der Waals surface area contributed by atoms with Crippen LogP contribution in [0.3, 0.4) is 0 Å². The third-order valence-corrected chi connectivity index (χ3v) is 5.34. The molecule has 0 unspecified atom stereocenters. The number of halogens is 4. The summed E-state index contributed by atoms with van der Waals surface area (Å²) in [4.78, 5) is 4.64. The summed E-state index contributed by atoms with van der Waals surface area (Å²) in [6.45, 7) is 5.35. The van der Waals surface area contributed by atoms with Crippen LogP contribution in [-0.4, -0.2) is 75.1 Å². The van der Waals surface area contributed by atoms with Crippen LogP contribution in [0, 0.1) is 0 Å². The predicted molar refractivity (Wildman–Crippen MR) is 98.3 cm³/mol. The molecule has 0 aromatic heterocycles. The van der Waals surface area contributed by atoms with Gasteiger partial charge in [0.25, 0.3) is 0 Å². The highest BCUT2D eigenvalue weighted by Gasteiger charge is 2.27. The van der Waals surface area contributed by atoms with Gasteiger partial charge in [-0.2, -0.15) is 13.2 Å². The average Bonchev–Trinajstić information content (AvgIpc) is 2.62. The van der Waals surface area contributed by atoms with Gasteiger partial charge in [-0.25, -0.2) is 0 Å². The van der Waals surface area contributed by atoms with E-state index in [0.29, 0.717) is 19.6 Å². The lowest BCUT2D eigenvalue weighted by molar-refractivity contribution is -0.174. The predicted octanol–water partition coefficient (Wildman–Crippen LogP) is 3.31. The molecule has 0 spiro atoms. The zero-order chi connectivity index (χ0) is 19.3. The quantitative estimate of drug-likeness (QED) is 0.592. The second-order valence-electron chi connectivity index (χ2n) is 6.73. The Kier molecular flexibility index (Phi) is 7.24. The summed E-state index contributed by atoms with van der Waals surface area (Å²) < 4.78 is 53.0. The van der Waals surface area contributed by atoms with Gasteiger partial charge in [0.2, 0.25) is 0 Å². The number of nitrogens with zero attached hydrogens (tertiary/aromatic N) is 2. The number of fused-ring (bicyclic) bond motifs is 1. The first-order valence-electron chi connectivity index (χ1n) is 9.08. The van der Waals surface area contributed by atoms with Crippen LogP contribution in [0.4, 0.5) is 13.2 Å². The van der Waals surface area contributed by atoms with Crippen molar-refractivity contribution in [2.75, 3.05) is 59.2 Å². The van der Waals surface area contributed by atoms with Gasteiger partial charge in [-0.05, 0) is 24.1 Å². The standard InChI is InChI=1S/C18H24BrF3N2O3/c19-15-11-17-16(26-8-9-27-17)10-14(15)12-24-5-3-23(4-6-24)2-1-7-25-13-18(20,21)22/h10-11H,1-9,12-13H2. The Morgan fingerprint density at radius 1 is 1.00 bits per heavy atom. The second kappa shape index (κ2) is 9.45. The SMILES string of the molecule is FC(F)(F)COCCCN1CCN(Cc2cc3c(cc2Br)OCCO3)CC1. The molecular formula is C18H24BrF3N2O3. The molecule has 2 aliphatic rings. The molecular weight excluding hydrogens is 429 g/mol. The van der Waals surface area contributed by atoms with Gasteiger partial charge < -0.3 is 19.1 Å². The first-order valence-corrected chi connectivity index (χ1v) is 9.87. The number of rotatable bonds is 7. The van der Waals surface area contributed by atoms with Gasteiger partial charge in [0, 0.05) is 50.3 Å². The Morgan fingerprint density at radius 2 is 1.63 bits per heavy atom. The van der Waals surface area contributed by atoms with Crippen LogP contribution in [-0.2, 0) is 11.3 Å². The fourth-order valence-electron chi connectivity index (χ4n) is 3.22. The van der Waals surface area contributed by atoms with E-state index in [1.54, 1.807) is 0 Å². The zero-order valence-electron chi connectivity index (χ0n) is 15.1. The fourth-order valence-corrected chi connectivity index (χ4v) is 3.67. The van der Waals surface area contributed by atoms with E-state index in [9.17, 15) is 13.2 Å². The summed E-state index contributed by atoms with van der Waals surface area (Å²) in [5.74, 6) is 1.56. The van der Waals surface area contributed by atoms with Crippen molar-refractivity contribution in [3.8, 4) is 11.5 Å². The van der Waals surface area contributed by atoms with Crippen LogP contribution in [0.1, 0.15) is 12.0 Å². The zero-order valence-corrected chi connectivity index (χ0v) is 16.6. The van der Waals surface area contributed by atoms with E-state index in [-0.39, 0.29) is 6.61 Å². The average molecular weight is 453 g/mol. The van der Waals surface area contributed by atoms with Crippen molar-refractivity contribution in [1.29, 1.82) is 0 Å². The number of piperazine rings is 1. The minimum Gasteiger partial charge on any atom is -0.486 e. The van der Waals surface area contributed by atoms with Gasteiger partial charge in [0.05, 0.1) is 0 Å². The lowest BCUT2D eigenvalue weighted by Crippen LogP contribution is -2.46. The molecule has 0 radical (unpaired) electrons. The van der Waals surface area contributed by atoms with Crippen LogP contribution in [0.2, 0.25) is 0 Å². The number of benzene rings is 1. The van der Waals surface area contributed by atoms with E-state index in [0.717, 1.165) is 60.8 Å². The lowest BCUT2D eigenvalue weighted by Gasteiger charge is -2.35. The molecule has 5 nitrogen and oxygen atoms in total. The lowest BCUT2D eigenvalue weighted by atomic mass is 10.1. The summed E-state index contributed by atoms with van der Waals surface area (Å²) in [7, 11) is 0. The highest BCUT2D eigenvalue weighted by Crippen LogP contribution is 2.36. The summed E-state index contributed by atoms with van der Waals surface area (Å²) >= 11 is 3.61. The third-order valence-electron chi connectivity index (χ3n) is 4.60. The Morgan fingerprint density at radius 3 is 2.30 bits per heavy atom. The molecule has 152 valence electrons. The Balaban J connectivity index is 1.38. The second-order valence-corrected chi connectivity index (χ2v) is 7.58. The molecule has 2 aliphatic heterocycles. The molecule has 2 heterocycles. The van der Waals surface area contributed by atoms with Crippen molar-refractivity contribution in [2.24, 2.45) is 0 Å². The fraction of sp³-hybridized carbons (Fsp3) is 0.667. The molecule has 9 heteroatoms. The van der Waals surface area contributed by atoms with Crippen molar-refractivity contribution >= 4 is 15.9 Å². The van der Waals surface area contributed by atoms with E-state index in [1.807, 2.05) is 12.1 Å². The van der Waals surface area contributed by atoms with Crippen LogP contribution < -0.4 is 9.47 Å². The van der Waals surface area contributed by atoms with Crippen molar-refractivity contribution < 1.29 is 27.4 Å². The summed E-state index contributed by atoms with van der Waals surface area (Å²) in [5, 5.41) is 0. The van der Waals surface area contributed by atoms with Gasteiger partial charge in [0.15, 0.2) is 11.5 Å². The molecule has 0 bridgehead atoms. The minimum atomic E-state index is -4.24. The summed E-state index contributed by atoms with van der Waals surface area (Å²) in [5.41, 5.74) is 1.16. The van der Waals surface area contributed by atoms with Crippen LogP contribution in [0.25, 0.3) is 0 Å². The maximum Gasteiger partial charge on any atom is 0.411 e. The number of hydrogen-bond donors (Lipinski definition) is 0. The number of ether oxygens (including phenoxy) is 3. The highest BCUT2D eigenvalue weighted by molar-refractivity contribution is 9.10. The molecule has 0 amide bonds. The van der Waals surface area contributed by atoms with Gasteiger partial charge >= 0.3 is 6.18 Å². The summed E-state index contributed by atoms with van der Waals surface area (Å²) in [6, 6.07) is 3.99. The smallest absolute Gasteiger partial charge is 0.411 e. The molecule has 27 heavy (non-hydrogen) atoms. The molecule has 1 aromatic carbocycles. The third kappa shape index (κ3) is 6.51. The molecule has 0 aliphatic carbocycles. The number of alkyl halides is 3. The van der Waals surface area contributed by atoms with Gasteiger partial charge in [-0.1, -0.05) is 15.9 Å². The molecule has 1 saturated heterocycles. The minimum absolute atomic E-state index is 0.143. The van der Waals surface area contributed by atoms with E-state index in [2.05, 4.69) is 30.5 Å². The van der Waals surface area contributed by atoms with E-state index >= 15 is 0 Å². The molecule has 1 aromatic rings. The van der Waals surface area contributed by atoms with E-state index in [1.165, 1.54) is 0 Å². The van der Waals surface area contributed by atoms with Gasteiger partial charge in [0.1, 0.15) is 19.8 Å². The molecule has 3 rings (SSSR count). The largest absolute Gasteiger partial charge is 0.486 e. The topological polar surface area (TPSA) is 34.2 Å². The van der Waals surface area contributed by atoms with Crippen LogP contribution >= 0.6 is 15.9 Å². The molecule has 1 fully saturated rings. The van der Waals surface area contributed by atoms with E-state index < -0.39 is 12.8 Å². The number of hydrogen-bond acceptors (Lipinski definition) is 5. The maximum absolute atomic E-state index is 12.0. The Hall–Kier alpha value is -1.03. The van der Waals surface area contributed by atoms with Crippen LogP contribution in [0.15, 0.2) is 16.6 Å². The van der Waals surface area contributed by atoms with Gasteiger partial charge in [-0.3, -0.25) is 4.90 Å². The maximum atomic E-state index is 12.0. The Labute approximate surface area is 165 Å². The van der Waals surface area contributed by atoms with E-state index in [4.69, 9.17) is 9.47 Å². The molecule has 0 atom stereocenters. The normalized spacial score (nSPS) is 18.7. The highest BCUT2D eigenvalue weighted by atomic mass is 79.9. The van der Waals surface area contributed by atoms with Crippen molar-refractivity contribution in [3.05, 3.63) is 22.2 Å². The Bertz CT molecular complexity index is 623. The van der Waals surface area contributed by atoms with Crippen LogP contribution in [0.5, 0.6) is 11.5 Å². The molecule has 0 saturated carbocycles. The van der Waals surface area contributed by atoms with Crippen molar-refractivity contribution in [1.82, 2.24) is 9.80 Å². The summed E-state index contributed by atoms with van der Waals surface area (Å²) in [6.07, 6.45) is -3.63. The first-order chi connectivity index (χ1) is 12.9. The van der Waals surface area contributed by atoms with Crippen molar-refractivity contribution in [3.63, 3.8) is 0 Å².